The second kappa shape index (κ2) is 5.84. The van der Waals surface area contributed by atoms with Gasteiger partial charge in [0.25, 0.3) is 0 Å². The zero-order valence-corrected chi connectivity index (χ0v) is 12.9. The number of likely N-dealkylation sites (tertiary alicyclic amines) is 1. The number of nitrogens with two attached hydrogens (primary N) is 1. The molecule has 0 aliphatic carbocycles. The molecule has 1 unspecified atom stereocenters. The third-order valence-corrected chi connectivity index (χ3v) is 3.56. The van der Waals surface area contributed by atoms with Crippen LogP contribution in [-0.2, 0) is 4.74 Å². The van der Waals surface area contributed by atoms with Crippen molar-refractivity contribution < 1.29 is 14.6 Å². The molecule has 116 valence electrons. The number of anilines is 1. The molecule has 5 heteroatoms. The number of aromatic hydroxyl groups is 1. The summed E-state index contributed by atoms with van der Waals surface area (Å²) in [7, 11) is 0. The Kier molecular flexibility index (Phi) is 4.30. The zero-order chi connectivity index (χ0) is 15.6. The SMILES string of the molecule is CC(C)(C)OC(=O)N1CCCC(c2cc(N)ccc2O)C1. The molecular formula is C16H24N2O3. The van der Waals surface area contributed by atoms with E-state index in [-0.39, 0.29) is 17.8 Å². The molecule has 0 aromatic heterocycles. The van der Waals surface area contributed by atoms with E-state index in [1.807, 2.05) is 20.8 Å². The third kappa shape index (κ3) is 4.03. The molecule has 0 radical (unpaired) electrons. The molecule has 2 rings (SSSR count). The maximum Gasteiger partial charge on any atom is 0.410 e. The maximum atomic E-state index is 12.2. The minimum absolute atomic E-state index is 0.0924. The Hall–Kier alpha value is -1.91. The smallest absolute Gasteiger partial charge is 0.410 e. The quantitative estimate of drug-likeness (QED) is 0.616. The van der Waals surface area contributed by atoms with E-state index in [1.54, 1.807) is 23.1 Å². The largest absolute Gasteiger partial charge is 0.508 e. The van der Waals surface area contributed by atoms with E-state index in [1.165, 1.54) is 0 Å². The van der Waals surface area contributed by atoms with Gasteiger partial charge >= 0.3 is 6.09 Å². The second-order valence-corrected chi connectivity index (χ2v) is 6.58. The highest BCUT2D eigenvalue weighted by molar-refractivity contribution is 5.68. The van der Waals surface area contributed by atoms with Crippen LogP contribution >= 0.6 is 0 Å². The number of piperidine rings is 1. The average Bonchev–Trinajstić information content (AvgIpc) is 2.40. The number of phenolic OH excluding ortho intramolecular Hbond substituents is 1. The van der Waals surface area contributed by atoms with E-state index in [0.29, 0.717) is 18.8 Å². The minimum atomic E-state index is -0.497. The second-order valence-electron chi connectivity index (χ2n) is 6.58. The highest BCUT2D eigenvalue weighted by Gasteiger charge is 2.29. The molecule has 1 amide bonds. The van der Waals surface area contributed by atoms with Gasteiger partial charge in [0.15, 0.2) is 0 Å². The summed E-state index contributed by atoms with van der Waals surface area (Å²) >= 11 is 0. The molecule has 0 saturated carbocycles. The summed E-state index contributed by atoms with van der Waals surface area (Å²) < 4.78 is 5.42. The van der Waals surface area contributed by atoms with E-state index in [2.05, 4.69) is 0 Å². The molecule has 1 aliphatic heterocycles. The molecular weight excluding hydrogens is 268 g/mol. The van der Waals surface area contributed by atoms with E-state index >= 15 is 0 Å². The monoisotopic (exact) mass is 292 g/mol. The van der Waals surface area contributed by atoms with Gasteiger partial charge in [0.05, 0.1) is 0 Å². The van der Waals surface area contributed by atoms with Crippen molar-refractivity contribution in [3.05, 3.63) is 23.8 Å². The molecule has 21 heavy (non-hydrogen) atoms. The lowest BCUT2D eigenvalue weighted by molar-refractivity contribution is 0.0197. The average molecular weight is 292 g/mol. The minimum Gasteiger partial charge on any atom is -0.508 e. The number of ether oxygens (including phenoxy) is 1. The Morgan fingerprint density at radius 3 is 2.81 bits per heavy atom. The Labute approximate surface area is 125 Å². The first-order chi connectivity index (χ1) is 9.76. The van der Waals surface area contributed by atoms with Crippen LogP contribution in [0.2, 0.25) is 0 Å². The third-order valence-electron chi connectivity index (χ3n) is 3.56. The summed E-state index contributed by atoms with van der Waals surface area (Å²) in [5.41, 5.74) is 6.73. The predicted octanol–water partition coefficient (Wildman–Crippen LogP) is 3.09. The molecule has 1 atom stereocenters. The van der Waals surface area contributed by atoms with Crippen molar-refractivity contribution in [3.8, 4) is 5.75 Å². The van der Waals surface area contributed by atoms with Crippen molar-refractivity contribution >= 4 is 11.8 Å². The number of benzene rings is 1. The molecule has 1 aliphatic rings. The summed E-state index contributed by atoms with van der Waals surface area (Å²) in [6.45, 7) is 6.81. The van der Waals surface area contributed by atoms with Gasteiger partial charge in [0, 0.05) is 30.3 Å². The normalized spacial score (nSPS) is 19.4. The maximum absolute atomic E-state index is 12.2. The van der Waals surface area contributed by atoms with Gasteiger partial charge in [0.1, 0.15) is 11.4 Å². The molecule has 3 N–H and O–H groups in total. The molecule has 1 aromatic rings. The summed E-state index contributed by atoms with van der Waals surface area (Å²) in [4.78, 5) is 13.9. The number of hydrogen-bond acceptors (Lipinski definition) is 4. The fraction of sp³-hybridized carbons (Fsp3) is 0.562. The molecule has 5 nitrogen and oxygen atoms in total. The van der Waals surface area contributed by atoms with Crippen LogP contribution in [-0.4, -0.2) is 34.8 Å². The number of carbonyl (C=O) groups excluding carboxylic acids is 1. The van der Waals surface area contributed by atoms with Gasteiger partial charge in [-0.2, -0.15) is 0 Å². The Morgan fingerprint density at radius 2 is 2.14 bits per heavy atom. The van der Waals surface area contributed by atoms with Crippen LogP contribution in [0.15, 0.2) is 18.2 Å². The zero-order valence-electron chi connectivity index (χ0n) is 12.9. The van der Waals surface area contributed by atoms with Crippen molar-refractivity contribution in [1.29, 1.82) is 0 Å². The summed E-state index contributed by atoms with van der Waals surface area (Å²) in [5.74, 6) is 0.329. The van der Waals surface area contributed by atoms with Crippen LogP contribution in [0.1, 0.15) is 45.1 Å². The van der Waals surface area contributed by atoms with E-state index in [4.69, 9.17) is 10.5 Å². The van der Waals surface area contributed by atoms with Gasteiger partial charge in [0.2, 0.25) is 0 Å². The number of hydrogen-bond donors (Lipinski definition) is 2. The van der Waals surface area contributed by atoms with Gasteiger partial charge < -0.3 is 20.5 Å². The number of nitrogen functional groups attached to an aromatic ring is 1. The first kappa shape index (κ1) is 15.5. The summed E-state index contributed by atoms with van der Waals surface area (Å²) in [6, 6.07) is 5.07. The molecule has 0 bridgehead atoms. The van der Waals surface area contributed by atoms with Crippen molar-refractivity contribution in [3.63, 3.8) is 0 Å². The highest BCUT2D eigenvalue weighted by atomic mass is 16.6. The predicted molar refractivity (Wildman–Crippen MR) is 82.3 cm³/mol. The lowest BCUT2D eigenvalue weighted by Gasteiger charge is -2.34. The van der Waals surface area contributed by atoms with Crippen LogP contribution in [0.4, 0.5) is 10.5 Å². The fourth-order valence-corrected chi connectivity index (χ4v) is 2.62. The Balaban J connectivity index is 2.10. The van der Waals surface area contributed by atoms with Gasteiger partial charge in [-0.3, -0.25) is 0 Å². The van der Waals surface area contributed by atoms with E-state index in [9.17, 15) is 9.90 Å². The number of phenols is 1. The van der Waals surface area contributed by atoms with E-state index in [0.717, 1.165) is 18.4 Å². The van der Waals surface area contributed by atoms with Gasteiger partial charge in [-0.15, -0.1) is 0 Å². The number of amides is 1. The van der Waals surface area contributed by atoms with Gasteiger partial charge in [-0.1, -0.05) is 0 Å². The van der Waals surface area contributed by atoms with Crippen molar-refractivity contribution in [2.75, 3.05) is 18.8 Å². The standard InChI is InChI=1S/C16H24N2O3/c1-16(2,3)21-15(20)18-8-4-5-11(10-18)13-9-12(17)6-7-14(13)19/h6-7,9,11,19H,4-5,8,10,17H2,1-3H3. The van der Waals surface area contributed by atoms with Gasteiger partial charge in [-0.25, -0.2) is 4.79 Å². The molecule has 1 aromatic carbocycles. The summed E-state index contributed by atoms with van der Waals surface area (Å²) in [6.07, 6.45) is 1.52. The summed E-state index contributed by atoms with van der Waals surface area (Å²) in [5, 5.41) is 10.0. The Morgan fingerprint density at radius 1 is 1.43 bits per heavy atom. The Bertz CT molecular complexity index is 523. The topological polar surface area (TPSA) is 75.8 Å². The van der Waals surface area contributed by atoms with Crippen molar-refractivity contribution in [2.45, 2.75) is 45.1 Å². The van der Waals surface area contributed by atoms with Crippen LogP contribution < -0.4 is 5.73 Å². The first-order valence-corrected chi connectivity index (χ1v) is 7.32. The first-order valence-electron chi connectivity index (χ1n) is 7.32. The van der Waals surface area contributed by atoms with Crippen LogP contribution in [0, 0.1) is 0 Å². The van der Waals surface area contributed by atoms with Crippen molar-refractivity contribution in [2.24, 2.45) is 0 Å². The van der Waals surface area contributed by atoms with E-state index < -0.39 is 5.60 Å². The lowest BCUT2D eigenvalue weighted by Crippen LogP contribution is -2.42. The molecule has 0 spiro atoms. The number of carbonyl (C=O) groups is 1. The number of rotatable bonds is 1. The number of nitrogens with zero attached hydrogens (tertiary/aromatic N) is 1. The van der Waals surface area contributed by atoms with Crippen LogP contribution in [0.5, 0.6) is 5.75 Å². The lowest BCUT2D eigenvalue weighted by atomic mass is 9.90. The molecule has 1 saturated heterocycles. The molecule has 1 fully saturated rings. The van der Waals surface area contributed by atoms with Gasteiger partial charge in [-0.05, 0) is 51.8 Å². The van der Waals surface area contributed by atoms with Crippen LogP contribution in [0.3, 0.4) is 0 Å². The highest BCUT2D eigenvalue weighted by Crippen LogP contribution is 2.34. The van der Waals surface area contributed by atoms with Crippen LogP contribution in [0.25, 0.3) is 0 Å². The fourth-order valence-electron chi connectivity index (χ4n) is 2.62. The molecule has 1 heterocycles. The van der Waals surface area contributed by atoms with Crippen molar-refractivity contribution in [1.82, 2.24) is 4.90 Å².